The average Bonchev–Trinajstić information content (AvgIpc) is 2.89. The van der Waals surface area contributed by atoms with Gasteiger partial charge in [0.15, 0.2) is 0 Å². The molecule has 4 aromatic carbocycles. The molecule has 0 amide bonds. The molecule has 0 saturated carbocycles. The van der Waals surface area contributed by atoms with Crippen LogP contribution in [-0.4, -0.2) is 19.9 Å². The summed E-state index contributed by atoms with van der Waals surface area (Å²) >= 11 is -2.89. The minimum absolute atomic E-state index is 0.371. The van der Waals surface area contributed by atoms with E-state index in [-0.39, 0.29) is 0 Å². The van der Waals surface area contributed by atoms with Gasteiger partial charge < -0.3 is 0 Å². The molecule has 2 heteroatoms. The molecule has 0 aromatic heterocycles. The molecule has 1 atom stereocenters. The van der Waals surface area contributed by atoms with Crippen molar-refractivity contribution in [3.05, 3.63) is 139 Å². The Bertz CT molecular complexity index is 1010. The van der Waals surface area contributed by atoms with Gasteiger partial charge in [0.2, 0.25) is 0 Å². The Balaban J connectivity index is 1.57. The first-order valence-corrected chi connectivity index (χ1v) is 16.4. The molecule has 0 spiro atoms. The van der Waals surface area contributed by atoms with Gasteiger partial charge in [-0.15, -0.1) is 0 Å². The quantitative estimate of drug-likeness (QED) is 0.208. The van der Waals surface area contributed by atoms with Crippen LogP contribution in [0.15, 0.2) is 133 Å². The molecule has 33 heavy (non-hydrogen) atoms. The van der Waals surface area contributed by atoms with Gasteiger partial charge in [-0.1, -0.05) is 0 Å². The van der Waals surface area contributed by atoms with E-state index in [4.69, 9.17) is 4.74 Å². The fraction of sp³-hybridized carbons (Fsp3) is 0.161. The van der Waals surface area contributed by atoms with Crippen molar-refractivity contribution in [2.24, 2.45) is 5.92 Å². The van der Waals surface area contributed by atoms with Crippen LogP contribution >= 0.6 is 0 Å². The molecule has 4 aromatic rings. The predicted octanol–water partition coefficient (Wildman–Crippen LogP) is 5.57. The first-order valence-electron chi connectivity index (χ1n) is 11.7. The van der Waals surface area contributed by atoms with Crippen molar-refractivity contribution in [2.45, 2.75) is 18.8 Å². The van der Waals surface area contributed by atoms with E-state index >= 15 is 0 Å². The van der Waals surface area contributed by atoms with E-state index in [1.165, 1.54) is 18.8 Å². The zero-order valence-electron chi connectivity index (χ0n) is 19.3. The second-order valence-electron chi connectivity index (χ2n) is 8.61. The molecule has 0 bridgehead atoms. The Morgan fingerprint density at radius 3 is 1.52 bits per heavy atom. The Morgan fingerprint density at radius 2 is 1.06 bits per heavy atom. The van der Waals surface area contributed by atoms with Crippen LogP contribution in [0.5, 0.6) is 0 Å². The summed E-state index contributed by atoms with van der Waals surface area (Å²) in [5.74, 6) is 0.371. The molecule has 166 valence electrons. The van der Waals surface area contributed by atoms with Crippen molar-refractivity contribution in [1.29, 1.82) is 0 Å². The van der Waals surface area contributed by atoms with Crippen LogP contribution in [0.3, 0.4) is 0 Å². The third-order valence-corrected chi connectivity index (χ3v) is 16.3. The summed E-state index contributed by atoms with van der Waals surface area (Å²) in [6.45, 7) is 3.63. The van der Waals surface area contributed by atoms with E-state index in [9.17, 15) is 0 Å². The zero-order chi connectivity index (χ0) is 22.8. The molecule has 0 aliphatic carbocycles. The molecule has 0 heterocycles. The normalized spacial score (nSPS) is 12.6. The number of allylic oxidation sites excluding steroid dienone is 1. The van der Waals surface area contributed by atoms with Crippen LogP contribution in [0.1, 0.15) is 12.5 Å². The van der Waals surface area contributed by atoms with Crippen LogP contribution in [-0.2, 0) is 11.3 Å². The molecular weight excluding hydrogens is 461 g/mol. The van der Waals surface area contributed by atoms with E-state index in [0.29, 0.717) is 12.5 Å². The van der Waals surface area contributed by atoms with E-state index in [0.717, 1.165) is 11.9 Å². The maximum absolute atomic E-state index is 5.98. The summed E-state index contributed by atoms with van der Waals surface area (Å²) in [4.78, 5) is 0. The van der Waals surface area contributed by atoms with Crippen LogP contribution in [0.2, 0.25) is 5.25 Å². The molecule has 0 N–H and O–H groups in total. The van der Waals surface area contributed by atoms with Crippen molar-refractivity contribution in [3.63, 3.8) is 0 Å². The van der Waals surface area contributed by atoms with Crippen molar-refractivity contribution in [2.75, 3.05) is 6.61 Å². The number of hydrogen-bond acceptors (Lipinski definition) is 1. The molecule has 4 rings (SSSR count). The second-order valence-corrected chi connectivity index (χ2v) is 16.9. The van der Waals surface area contributed by atoms with Gasteiger partial charge in [-0.3, -0.25) is 0 Å². The molecule has 0 fully saturated rings. The van der Waals surface area contributed by atoms with Crippen molar-refractivity contribution < 1.29 is 4.74 Å². The summed E-state index contributed by atoms with van der Waals surface area (Å²) in [5, 5.41) is 1.07. The minimum atomic E-state index is -2.89. The monoisotopic (exact) mass is 494 g/mol. The van der Waals surface area contributed by atoms with Gasteiger partial charge in [0.25, 0.3) is 0 Å². The molecule has 0 unspecified atom stereocenters. The van der Waals surface area contributed by atoms with Gasteiger partial charge >= 0.3 is 202 Å². The Labute approximate surface area is 201 Å². The van der Waals surface area contributed by atoms with Gasteiger partial charge in [-0.25, -0.2) is 0 Å². The van der Waals surface area contributed by atoms with Crippen molar-refractivity contribution >= 4 is 26.5 Å². The van der Waals surface area contributed by atoms with Gasteiger partial charge in [0, 0.05) is 0 Å². The van der Waals surface area contributed by atoms with E-state index in [1.807, 2.05) is 6.07 Å². The zero-order valence-corrected chi connectivity index (χ0v) is 21.4. The SMILES string of the molecule is C[C@@H](/C=C\[CH2][Ge]([c]1ccccc1)([c]1ccccc1)[c]1ccccc1)COCc1ccccc1. The topological polar surface area (TPSA) is 9.23 Å². The molecule has 1 nitrogen and oxygen atoms in total. The Hall–Kier alpha value is -2.88. The number of hydrogen-bond donors (Lipinski definition) is 0. The van der Waals surface area contributed by atoms with E-state index in [1.54, 1.807) is 0 Å². The van der Waals surface area contributed by atoms with Crippen LogP contribution in [0.25, 0.3) is 0 Å². The first-order chi connectivity index (χ1) is 16.3. The third-order valence-electron chi connectivity index (χ3n) is 6.18. The summed E-state index contributed by atoms with van der Waals surface area (Å²) in [5.41, 5.74) is 1.22. The van der Waals surface area contributed by atoms with E-state index < -0.39 is 13.3 Å². The Kier molecular flexibility index (Phi) is 8.35. The van der Waals surface area contributed by atoms with Gasteiger partial charge in [-0.2, -0.15) is 0 Å². The first kappa shape index (κ1) is 23.3. The molecule has 0 radical (unpaired) electrons. The summed E-state index contributed by atoms with van der Waals surface area (Å²) in [6, 6.07) is 43.9. The van der Waals surface area contributed by atoms with Crippen molar-refractivity contribution in [3.8, 4) is 0 Å². The number of ether oxygens (including phenoxy) is 1. The van der Waals surface area contributed by atoms with Gasteiger partial charge in [0.05, 0.1) is 0 Å². The number of rotatable bonds is 10. The molecular formula is C31H32GeO. The summed E-state index contributed by atoms with van der Waals surface area (Å²) < 4.78 is 10.5. The van der Waals surface area contributed by atoms with Crippen LogP contribution in [0, 0.1) is 5.92 Å². The van der Waals surface area contributed by atoms with Crippen LogP contribution < -0.4 is 13.2 Å². The molecule has 0 aliphatic rings. The average molecular weight is 493 g/mol. The fourth-order valence-corrected chi connectivity index (χ4v) is 13.9. The standard InChI is InChI=1S/C31H32GeO/c1-27(25-33-26-28-16-6-2-7-17-28)15-14-24-32(29-18-8-3-9-19-29,30-20-10-4-11-21-30)31-22-12-5-13-23-31/h2-23,27H,24-26H2,1H3/b15-14-/t27-/m0/s1. The molecule has 0 saturated heterocycles. The summed E-state index contributed by atoms with van der Waals surface area (Å²) in [6.07, 6.45) is 4.77. The second kappa shape index (κ2) is 11.8. The van der Waals surface area contributed by atoms with Crippen LogP contribution in [0.4, 0.5) is 0 Å². The van der Waals surface area contributed by atoms with Gasteiger partial charge in [-0.05, 0) is 0 Å². The number of benzene rings is 4. The van der Waals surface area contributed by atoms with Crippen molar-refractivity contribution in [1.82, 2.24) is 0 Å². The fourth-order valence-electron chi connectivity index (χ4n) is 4.49. The maximum atomic E-state index is 5.98. The van der Waals surface area contributed by atoms with Gasteiger partial charge in [0.1, 0.15) is 0 Å². The predicted molar refractivity (Wildman–Crippen MR) is 143 cm³/mol. The Morgan fingerprint density at radius 1 is 0.636 bits per heavy atom. The van der Waals surface area contributed by atoms with E-state index in [2.05, 4.69) is 134 Å². The summed E-state index contributed by atoms with van der Waals surface area (Å²) in [7, 11) is 0. The molecule has 0 aliphatic heterocycles. The third kappa shape index (κ3) is 5.93.